The van der Waals surface area contributed by atoms with E-state index in [1.54, 1.807) is 7.05 Å². The van der Waals surface area contributed by atoms with Crippen LogP contribution in [0.4, 0.5) is 0 Å². The van der Waals surface area contributed by atoms with Gasteiger partial charge in [-0.2, -0.15) is 0 Å². The molecule has 0 bridgehead atoms. The van der Waals surface area contributed by atoms with Crippen LogP contribution in [0.1, 0.15) is 27.2 Å². The van der Waals surface area contributed by atoms with E-state index in [1.807, 2.05) is 32.0 Å². The van der Waals surface area contributed by atoms with Gasteiger partial charge in [-0.05, 0) is 41.4 Å². The molecular weight excluding hydrogens is 282 g/mol. The van der Waals surface area contributed by atoms with Crippen molar-refractivity contribution in [2.75, 3.05) is 0 Å². The number of ketones is 1. The van der Waals surface area contributed by atoms with Crippen LogP contribution in [-0.4, -0.2) is 20.8 Å². The van der Waals surface area contributed by atoms with Crippen LogP contribution in [0.15, 0.2) is 22.8 Å². The van der Waals surface area contributed by atoms with E-state index in [4.69, 9.17) is 0 Å². The van der Waals surface area contributed by atoms with Crippen LogP contribution >= 0.6 is 15.9 Å². The Balaban J connectivity index is 2.55. The first-order valence-corrected chi connectivity index (χ1v) is 5.97. The fourth-order valence-corrected chi connectivity index (χ4v) is 2.19. The van der Waals surface area contributed by atoms with Crippen LogP contribution < -0.4 is 0 Å². The van der Waals surface area contributed by atoms with E-state index in [-0.39, 0.29) is 5.78 Å². The average molecular weight is 294 g/mol. The highest BCUT2D eigenvalue weighted by Crippen LogP contribution is 2.19. The van der Waals surface area contributed by atoms with Crippen molar-refractivity contribution < 1.29 is 4.79 Å². The van der Waals surface area contributed by atoms with Crippen LogP contribution in [0.5, 0.6) is 0 Å². The van der Waals surface area contributed by atoms with Crippen molar-refractivity contribution >= 4 is 21.7 Å². The van der Waals surface area contributed by atoms with Crippen molar-refractivity contribution in [2.45, 2.75) is 13.8 Å². The van der Waals surface area contributed by atoms with Gasteiger partial charge in [0.2, 0.25) is 5.78 Å². The van der Waals surface area contributed by atoms with E-state index < -0.39 is 0 Å². The highest BCUT2D eigenvalue weighted by atomic mass is 79.9. The Morgan fingerprint density at radius 2 is 2.06 bits per heavy atom. The number of nitrogens with zero attached hydrogens (tertiary/aromatic N) is 3. The van der Waals surface area contributed by atoms with Crippen molar-refractivity contribution in [2.24, 2.45) is 7.05 Å². The summed E-state index contributed by atoms with van der Waals surface area (Å²) >= 11 is 3.24. The minimum absolute atomic E-state index is 0.0643. The zero-order chi connectivity index (χ0) is 12.6. The summed E-state index contributed by atoms with van der Waals surface area (Å²) in [7, 11) is 1.70. The molecule has 0 spiro atoms. The largest absolute Gasteiger partial charge is 0.287 e. The molecule has 0 aliphatic carbocycles. The molecular formula is C12H12BrN3O. The minimum Gasteiger partial charge on any atom is -0.287 e. The van der Waals surface area contributed by atoms with Gasteiger partial charge < -0.3 is 0 Å². The fraction of sp³-hybridized carbons (Fsp3) is 0.250. The number of aromatic nitrogens is 3. The van der Waals surface area contributed by atoms with Crippen molar-refractivity contribution in [3.05, 3.63) is 45.2 Å². The first-order chi connectivity index (χ1) is 8.00. The Morgan fingerprint density at radius 3 is 2.65 bits per heavy atom. The third-order valence-electron chi connectivity index (χ3n) is 2.64. The van der Waals surface area contributed by atoms with Crippen LogP contribution in [0.2, 0.25) is 0 Å². The highest BCUT2D eigenvalue weighted by Gasteiger charge is 2.20. The smallest absolute Gasteiger partial charge is 0.214 e. The van der Waals surface area contributed by atoms with Crippen molar-refractivity contribution in [1.29, 1.82) is 0 Å². The van der Waals surface area contributed by atoms with Crippen molar-refractivity contribution in [3.8, 4) is 0 Å². The lowest BCUT2D eigenvalue weighted by molar-refractivity contribution is 0.102. The molecule has 2 rings (SSSR count). The first-order valence-electron chi connectivity index (χ1n) is 5.18. The Kier molecular flexibility index (Phi) is 3.11. The molecule has 0 saturated carbocycles. The molecule has 4 nitrogen and oxygen atoms in total. The zero-order valence-corrected chi connectivity index (χ0v) is 11.4. The van der Waals surface area contributed by atoms with E-state index in [1.165, 1.54) is 4.68 Å². The van der Waals surface area contributed by atoms with Crippen molar-refractivity contribution in [3.63, 3.8) is 0 Å². The maximum absolute atomic E-state index is 12.4. The lowest BCUT2D eigenvalue weighted by Gasteiger charge is -2.06. The predicted octanol–water partition coefficient (Wildman–Crippen LogP) is 2.43. The molecule has 88 valence electrons. The monoisotopic (exact) mass is 293 g/mol. The summed E-state index contributed by atoms with van der Waals surface area (Å²) < 4.78 is 1.96. The first kappa shape index (κ1) is 12.0. The summed E-state index contributed by atoms with van der Waals surface area (Å²) in [6, 6.07) is 5.82. The number of hydrogen-bond acceptors (Lipinski definition) is 3. The van der Waals surface area contributed by atoms with E-state index in [0.717, 1.165) is 11.1 Å². The topological polar surface area (TPSA) is 47.8 Å². The molecule has 0 amide bonds. The Hall–Kier alpha value is -1.49. The van der Waals surface area contributed by atoms with Crippen molar-refractivity contribution in [1.82, 2.24) is 15.0 Å². The summed E-state index contributed by atoms with van der Waals surface area (Å²) in [5.74, 6) is -0.0643. The van der Waals surface area contributed by atoms with Gasteiger partial charge in [0.05, 0.1) is 0 Å². The summed E-state index contributed by atoms with van der Waals surface area (Å²) in [4.78, 5) is 12.4. The van der Waals surface area contributed by atoms with E-state index in [0.29, 0.717) is 15.9 Å². The molecule has 0 aliphatic heterocycles. The van der Waals surface area contributed by atoms with E-state index in [9.17, 15) is 4.79 Å². The van der Waals surface area contributed by atoms with Crippen LogP contribution in [0.3, 0.4) is 0 Å². The lowest BCUT2D eigenvalue weighted by Crippen LogP contribution is -2.10. The number of carbonyl (C=O) groups excluding carboxylic acids is 1. The molecule has 0 aliphatic rings. The molecule has 0 unspecified atom stereocenters. The summed E-state index contributed by atoms with van der Waals surface area (Å²) in [6.07, 6.45) is 0. The molecule has 0 N–H and O–H groups in total. The Labute approximate surface area is 108 Å². The Morgan fingerprint density at radius 1 is 1.35 bits per heavy atom. The maximum atomic E-state index is 12.4. The molecule has 0 radical (unpaired) electrons. The number of benzene rings is 1. The van der Waals surface area contributed by atoms with E-state index in [2.05, 4.69) is 26.2 Å². The third-order valence-corrected chi connectivity index (χ3v) is 3.17. The summed E-state index contributed by atoms with van der Waals surface area (Å²) in [5, 5.41) is 7.64. The minimum atomic E-state index is -0.0643. The van der Waals surface area contributed by atoms with Gasteiger partial charge in [0.1, 0.15) is 5.69 Å². The predicted molar refractivity (Wildman–Crippen MR) is 68.1 cm³/mol. The SMILES string of the molecule is Cc1ccc(C)c(C(=O)c2c(Br)nnn2C)c1. The van der Waals surface area contributed by atoms with Gasteiger partial charge in [-0.25, -0.2) is 4.68 Å². The second-order valence-corrected chi connectivity index (χ2v) is 4.75. The molecule has 0 fully saturated rings. The second kappa shape index (κ2) is 4.41. The molecule has 17 heavy (non-hydrogen) atoms. The number of rotatable bonds is 2. The lowest BCUT2D eigenvalue weighted by atomic mass is 10.0. The van der Waals surface area contributed by atoms with Gasteiger partial charge in [0, 0.05) is 12.6 Å². The number of halogens is 1. The molecule has 2 aromatic rings. The van der Waals surface area contributed by atoms with Gasteiger partial charge in [-0.1, -0.05) is 22.9 Å². The molecule has 0 saturated heterocycles. The van der Waals surface area contributed by atoms with Gasteiger partial charge >= 0.3 is 0 Å². The van der Waals surface area contributed by atoms with Crippen LogP contribution in [0, 0.1) is 13.8 Å². The highest BCUT2D eigenvalue weighted by molar-refractivity contribution is 9.10. The standard InChI is InChI=1S/C12H12BrN3O/c1-7-4-5-8(2)9(6-7)11(17)10-12(13)14-15-16(10)3/h4-6H,1-3H3. The Bertz CT molecular complexity index is 570. The second-order valence-electron chi connectivity index (χ2n) is 4.00. The summed E-state index contributed by atoms with van der Waals surface area (Å²) in [5.41, 5.74) is 3.17. The van der Waals surface area contributed by atoms with Gasteiger partial charge in [0.25, 0.3) is 0 Å². The quantitative estimate of drug-likeness (QED) is 0.799. The normalized spacial score (nSPS) is 10.6. The zero-order valence-electron chi connectivity index (χ0n) is 9.86. The number of aryl methyl sites for hydroxylation is 3. The molecule has 1 heterocycles. The molecule has 1 aromatic heterocycles. The fourth-order valence-electron chi connectivity index (χ4n) is 1.68. The van der Waals surface area contributed by atoms with Gasteiger partial charge in [-0.3, -0.25) is 4.79 Å². The number of hydrogen-bond donors (Lipinski definition) is 0. The molecule has 0 atom stereocenters. The van der Waals surface area contributed by atoms with Crippen LogP contribution in [0.25, 0.3) is 0 Å². The van der Waals surface area contributed by atoms with E-state index >= 15 is 0 Å². The molecule has 1 aromatic carbocycles. The average Bonchev–Trinajstić information content (AvgIpc) is 2.61. The van der Waals surface area contributed by atoms with Gasteiger partial charge in [-0.15, -0.1) is 5.10 Å². The van der Waals surface area contributed by atoms with Gasteiger partial charge in [0.15, 0.2) is 4.60 Å². The third kappa shape index (κ3) is 2.15. The number of carbonyl (C=O) groups is 1. The summed E-state index contributed by atoms with van der Waals surface area (Å²) in [6.45, 7) is 3.89. The molecule has 5 heteroatoms. The van der Waals surface area contributed by atoms with Crippen LogP contribution in [-0.2, 0) is 7.05 Å². The maximum Gasteiger partial charge on any atom is 0.214 e.